The van der Waals surface area contributed by atoms with Crippen LogP contribution in [0.2, 0.25) is 0 Å². The van der Waals surface area contributed by atoms with Gasteiger partial charge < -0.3 is 5.73 Å². The van der Waals surface area contributed by atoms with Gasteiger partial charge in [-0.25, -0.2) is 17.2 Å². The Kier molecular flexibility index (Phi) is 5.22. The third kappa shape index (κ3) is 4.03. The second-order valence-electron chi connectivity index (χ2n) is 4.20. The molecule has 18 heavy (non-hydrogen) atoms. The molecule has 0 aliphatic carbocycles. The Morgan fingerprint density at radius 2 is 2.00 bits per heavy atom. The summed E-state index contributed by atoms with van der Waals surface area (Å²) in [5.41, 5.74) is 5.67. The average molecular weight is 277 g/mol. The highest BCUT2D eigenvalue weighted by Crippen LogP contribution is 2.18. The molecule has 1 unspecified atom stereocenters. The van der Waals surface area contributed by atoms with E-state index in [0.29, 0.717) is 18.9 Å². The van der Waals surface area contributed by atoms with E-state index in [1.165, 1.54) is 0 Å². The summed E-state index contributed by atoms with van der Waals surface area (Å²) in [6.07, 6.45) is 1.65. The van der Waals surface area contributed by atoms with Crippen LogP contribution in [0.3, 0.4) is 0 Å². The van der Waals surface area contributed by atoms with Crippen molar-refractivity contribution in [2.75, 3.05) is 5.75 Å². The zero-order valence-electron chi connectivity index (χ0n) is 10.2. The van der Waals surface area contributed by atoms with Crippen molar-refractivity contribution in [1.82, 2.24) is 0 Å². The van der Waals surface area contributed by atoms with Crippen LogP contribution in [-0.2, 0) is 9.84 Å². The van der Waals surface area contributed by atoms with Crippen LogP contribution in [0.5, 0.6) is 0 Å². The van der Waals surface area contributed by atoms with Crippen LogP contribution in [-0.4, -0.2) is 20.2 Å². The lowest BCUT2D eigenvalue weighted by atomic mass is 10.1. The fourth-order valence-electron chi connectivity index (χ4n) is 1.57. The second-order valence-corrected chi connectivity index (χ2v) is 6.28. The Hall–Kier alpha value is -1.01. The van der Waals surface area contributed by atoms with Crippen molar-refractivity contribution in [2.45, 2.75) is 37.1 Å². The van der Waals surface area contributed by atoms with Gasteiger partial charge in [-0.15, -0.1) is 0 Å². The maximum absolute atomic E-state index is 13.3. The van der Waals surface area contributed by atoms with Gasteiger partial charge in [0.2, 0.25) is 0 Å². The van der Waals surface area contributed by atoms with E-state index >= 15 is 0 Å². The minimum absolute atomic E-state index is 0.0578. The molecule has 0 saturated heterocycles. The number of benzene rings is 1. The fourth-order valence-corrected chi connectivity index (χ4v) is 2.99. The molecule has 0 aliphatic rings. The van der Waals surface area contributed by atoms with Crippen molar-refractivity contribution in [3.05, 3.63) is 29.8 Å². The highest BCUT2D eigenvalue weighted by Gasteiger charge is 2.19. The molecule has 2 N–H and O–H groups in total. The lowest BCUT2D eigenvalue weighted by molar-refractivity contribution is 0.545. The summed E-state index contributed by atoms with van der Waals surface area (Å²) in [4.78, 5) is -0.576. The van der Waals surface area contributed by atoms with Gasteiger partial charge in [-0.1, -0.05) is 6.92 Å². The van der Waals surface area contributed by atoms with Gasteiger partial charge in [0, 0.05) is 6.04 Å². The topological polar surface area (TPSA) is 60.2 Å². The molecule has 1 rings (SSSR count). The summed E-state index contributed by atoms with van der Waals surface area (Å²) in [7, 11) is -3.79. The summed E-state index contributed by atoms with van der Waals surface area (Å²) in [5, 5.41) is 0. The standard InChI is InChI=1S/C12H17F2NO2S/c1-2-10(15)4-3-7-18(16,17)12-8-9(13)5-6-11(12)14/h5-6,8,10H,2-4,7,15H2,1H3. The first kappa shape index (κ1) is 15.0. The van der Waals surface area contributed by atoms with Gasteiger partial charge >= 0.3 is 0 Å². The zero-order valence-corrected chi connectivity index (χ0v) is 11.0. The van der Waals surface area contributed by atoms with Crippen LogP contribution in [0, 0.1) is 11.6 Å². The molecule has 0 saturated carbocycles. The monoisotopic (exact) mass is 277 g/mol. The quantitative estimate of drug-likeness (QED) is 0.867. The number of hydrogen-bond donors (Lipinski definition) is 1. The van der Waals surface area contributed by atoms with E-state index in [0.717, 1.165) is 18.6 Å². The van der Waals surface area contributed by atoms with E-state index in [1.54, 1.807) is 0 Å². The number of hydrogen-bond acceptors (Lipinski definition) is 3. The maximum atomic E-state index is 13.3. The molecule has 1 atom stereocenters. The van der Waals surface area contributed by atoms with E-state index in [2.05, 4.69) is 0 Å². The van der Waals surface area contributed by atoms with Crippen molar-refractivity contribution in [3.63, 3.8) is 0 Å². The molecule has 3 nitrogen and oxygen atoms in total. The molecule has 0 radical (unpaired) electrons. The third-order valence-corrected chi connectivity index (χ3v) is 4.55. The summed E-state index contributed by atoms with van der Waals surface area (Å²) in [5.74, 6) is -1.91. The molecular weight excluding hydrogens is 260 g/mol. The molecule has 0 amide bonds. The molecular formula is C12H17F2NO2S. The van der Waals surface area contributed by atoms with Crippen molar-refractivity contribution in [3.8, 4) is 0 Å². The van der Waals surface area contributed by atoms with E-state index in [9.17, 15) is 17.2 Å². The number of halogens is 2. The Morgan fingerprint density at radius 1 is 1.33 bits per heavy atom. The van der Waals surface area contributed by atoms with Crippen LogP contribution >= 0.6 is 0 Å². The lowest BCUT2D eigenvalue weighted by Gasteiger charge is -2.09. The Labute approximate surface area is 106 Å². The van der Waals surface area contributed by atoms with Gasteiger partial charge in [-0.05, 0) is 37.5 Å². The highest BCUT2D eigenvalue weighted by atomic mass is 32.2. The van der Waals surface area contributed by atoms with E-state index in [1.807, 2.05) is 6.92 Å². The SMILES string of the molecule is CCC(N)CCCS(=O)(=O)c1cc(F)ccc1F. The van der Waals surface area contributed by atoms with E-state index in [-0.39, 0.29) is 11.8 Å². The van der Waals surface area contributed by atoms with Crippen molar-refractivity contribution < 1.29 is 17.2 Å². The number of sulfone groups is 1. The van der Waals surface area contributed by atoms with E-state index < -0.39 is 26.4 Å². The van der Waals surface area contributed by atoms with Crippen LogP contribution < -0.4 is 5.73 Å². The first-order valence-electron chi connectivity index (χ1n) is 5.80. The van der Waals surface area contributed by atoms with Crippen LogP contribution in [0.1, 0.15) is 26.2 Å². The first-order chi connectivity index (χ1) is 8.36. The Morgan fingerprint density at radius 3 is 2.61 bits per heavy atom. The van der Waals surface area contributed by atoms with Gasteiger partial charge in [-0.3, -0.25) is 0 Å². The normalized spacial score (nSPS) is 13.6. The van der Waals surface area contributed by atoms with Crippen LogP contribution in [0.15, 0.2) is 23.1 Å². The second kappa shape index (κ2) is 6.24. The molecule has 0 spiro atoms. The molecule has 0 aliphatic heterocycles. The predicted molar refractivity (Wildman–Crippen MR) is 65.9 cm³/mol. The molecule has 1 aromatic carbocycles. The molecule has 0 aromatic heterocycles. The Balaban J connectivity index is 2.77. The first-order valence-corrected chi connectivity index (χ1v) is 7.45. The number of rotatable bonds is 6. The zero-order chi connectivity index (χ0) is 13.8. The van der Waals surface area contributed by atoms with Crippen LogP contribution in [0.4, 0.5) is 8.78 Å². The third-order valence-electron chi connectivity index (χ3n) is 2.74. The summed E-state index contributed by atoms with van der Waals surface area (Å²) >= 11 is 0. The maximum Gasteiger partial charge on any atom is 0.181 e. The molecule has 0 heterocycles. The summed E-state index contributed by atoms with van der Waals surface area (Å²) in [6, 6.07) is 2.36. The number of nitrogens with two attached hydrogens (primary N) is 1. The molecule has 0 bridgehead atoms. The minimum Gasteiger partial charge on any atom is -0.328 e. The average Bonchev–Trinajstić information content (AvgIpc) is 2.31. The highest BCUT2D eigenvalue weighted by molar-refractivity contribution is 7.91. The molecule has 1 aromatic rings. The van der Waals surface area contributed by atoms with Gasteiger partial charge in [0.1, 0.15) is 16.5 Å². The molecule has 102 valence electrons. The van der Waals surface area contributed by atoms with Gasteiger partial charge in [0.05, 0.1) is 5.75 Å². The Bertz CT molecular complexity index is 503. The lowest BCUT2D eigenvalue weighted by Crippen LogP contribution is -2.20. The van der Waals surface area contributed by atoms with Gasteiger partial charge in [0.25, 0.3) is 0 Å². The van der Waals surface area contributed by atoms with Gasteiger partial charge in [0.15, 0.2) is 9.84 Å². The van der Waals surface area contributed by atoms with Crippen molar-refractivity contribution >= 4 is 9.84 Å². The largest absolute Gasteiger partial charge is 0.328 e. The fraction of sp³-hybridized carbons (Fsp3) is 0.500. The minimum atomic E-state index is -3.79. The molecule has 0 fully saturated rings. The van der Waals surface area contributed by atoms with Crippen molar-refractivity contribution in [1.29, 1.82) is 0 Å². The summed E-state index contributed by atoms with van der Waals surface area (Å²) in [6.45, 7) is 1.91. The molecule has 6 heteroatoms. The van der Waals surface area contributed by atoms with Crippen molar-refractivity contribution in [2.24, 2.45) is 5.73 Å². The van der Waals surface area contributed by atoms with Gasteiger partial charge in [-0.2, -0.15) is 0 Å². The summed E-state index contributed by atoms with van der Waals surface area (Å²) < 4.78 is 49.9. The van der Waals surface area contributed by atoms with Crippen LogP contribution in [0.25, 0.3) is 0 Å². The van der Waals surface area contributed by atoms with E-state index in [4.69, 9.17) is 5.73 Å². The predicted octanol–water partition coefficient (Wildman–Crippen LogP) is 2.26. The smallest absolute Gasteiger partial charge is 0.181 e.